The van der Waals surface area contributed by atoms with Gasteiger partial charge in [0.15, 0.2) is 0 Å². The average Bonchev–Trinajstić information content (AvgIpc) is 2.60. The largest absolute Gasteiger partial charge is 0.495 e. The molecule has 2 rings (SSSR count). The second kappa shape index (κ2) is 9.07. The van der Waals surface area contributed by atoms with Crippen LogP contribution in [0.5, 0.6) is 5.75 Å². The number of rotatable bonds is 5. The quantitative estimate of drug-likeness (QED) is 0.678. The Bertz CT molecular complexity index is 843. The van der Waals surface area contributed by atoms with Crippen LogP contribution in [0, 0.1) is 0 Å². The molecule has 2 aromatic rings. The highest BCUT2D eigenvalue weighted by Gasteiger charge is 2.16. The Hall–Kier alpha value is -2.77. The summed E-state index contributed by atoms with van der Waals surface area (Å²) in [6, 6.07) is 11.0. The van der Waals surface area contributed by atoms with Crippen LogP contribution in [0.2, 0.25) is 10.0 Å². The number of hydrogen-bond donors (Lipinski definition) is 3. The molecule has 0 fully saturated rings. The summed E-state index contributed by atoms with van der Waals surface area (Å²) in [7, 11) is 1.45. The lowest BCUT2D eigenvalue weighted by molar-refractivity contribution is -0.136. The molecular formula is C17H15Cl2N3O4. The Morgan fingerprint density at radius 2 is 1.69 bits per heavy atom. The standard InChI is InChI=1S/C17H15Cl2N3O4/c1-26-14-6-5-11(19)8-13(14)22-15(23)9-20-16(24)17(25)21-12-4-2-3-10(18)7-12/h2-8H,9H2,1H3,(H,20,24)(H,21,25)(H,22,23). The molecule has 2 aromatic carbocycles. The van der Waals surface area contributed by atoms with Crippen LogP contribution in [0.3, 0.4) is 0 Å². The molecule has 0 atom stereocenters. The van der Waals surface area contributed by atoms with E-state index in [1.54, 1.807) is 30.3 Å². The van der Waals surface area contributed by atoms with Crippen molar-refractivity contribution in [2.24, 2.45) is 0 Å². The first-order chi connectivity index (χ1) is 12.4. The Kier molecular flexibility index (Phi) is 6.82. The third-order valence-corrected chi connectivity index (χ3v) is 3.60. The summed E-state index contributed by atoms with van der Waals surface area (Å²) in [6.07, 6.45) is 0. The lowest BCUT2D eigenvalue weighted by Gasteiger charge is -2.11. The van der Waals surface area contributed by atoms with Gasteiger partial charge in [0, 0.05) is 15.7 Å². The van der Waals surface area contributed by atoms with Crippen LogP contribution >= 0.6 is 23.2 Å². The summed E-state index contributed by atoms with van der Waals surface area (Å²) in [5, 5.41) is 7.96. The van der Waals surface area contributed by atoms with Gasteiger partial charge in [0.05, 0.1) is 19.3 Å². The SMILES string of the molecule is COc1ccc(Cl)cc1NC(=O)CNC(=O)C(=O)Nc1cccc(Cl)c1. The van der Waals surface area contributed by atoms with Gasteiger partial charge in [-0.3, -0.25) is 14.4 Å². The zero-order valence-electron chi connectivity index (χ0n) is 13.6. The zero-order valence-corrected chi connectivity index (χ0v) is 15.1. The highest BCUT2D eigenvalue weighted by molar-refractivity contribution is 6.40. The second-order valence-electron chi connectivity index (χ2n) is 5.04. The van der Waals surface area contributed by atoms with Gasteiger partial charge in [-0.05, 0) is 36.4 Å². The first-order valence-corrected chi connectivity index (χ1v) is 8.13. The van der Waals surface area contributed by atoms with Crippen molar-refractivity contribution in [2.75, 3.05) is 24.3 Å². The Labute approximate surface area is 159 Å². The van der Waals surface area contributed by atoms with Crippen molar-refractivity contribution in [1.29, 1.82) is 0 Å². The predicted octanol–water partition coefficient (Wildman–Crippen LogP) is 2.70. The smallest absolute Gasteiger partial charge is 0.313 e. The van der Waals surface area contributed by atoms with Crippen LogP contribution in [-0.2, 0) is 14.4 Å². The van der Waals surface area contributed by atoms with Crippen LogP contribution in [-0.4, -0.2) is 31.4 Å². The van der Waals surface area contributed by atoms with Crippen molar-refractivity contribution < 1.29 is 19.1 Å². The summed E-state index contributed by atoms with van der Waals surface area (Å²) in [5.74, 6) is -2.01. The number of benzene rings is 2. The minimum absolute atomic E-state index is 0.350. The molecule has 0 unspecified atom stereocenters. The van der Waals surface area contributed by atoms with Crippen molar-refractivity contribution in [2.45, 2.75) is 0 Å². The number of nitrogens with one attached hydrogen (secondary N) is 3. The van der Waals surface area contributed by atoms with E-state index in [2.05, 4.69) is 16.0 Å². The fourth-order valence-corrected chi connectivity index (χ4v) is 2.33. The normalized spacial score (nSPS) is 9.96. The number of hydrogen-bond acceptors (Lipinski definition) is 4. The van der Waals surface area contributed by atoms with Crippen molar-refractivity contribution in [3.63, 3.8) is 0 Å². The third kappa shape index (κ3) is 5.65. The van der Waals surface area contributed by atoms with E-state index in [1.807, 2.05) is 0 Å². The van der Waals surface area contributed by atoms with Gasteiger partial charge in [0.25, 0.3) is 0 Å². The molecule has 0 bridgehead atoms. The summed E-state index contributed by atoms with van der Waals surface area (Å²) >= 11 is 11.7. The number of ether oxygens (including phenoxy) is 1. The molecule has 3 amide bonds. The van der Waals surface area contributed by atoms with E-state index in [0.717, 1.165) is 0 Å². The molecule has 0 saturated heterocycles. The molecular weight excluding hydrogens is 381 g/mol. The lowest BCUT2D eigenvalue weighted by atomic mass is 10.3. The first kappa shape index (κ1) is 19.6. The van der Waals surface area contributed by atoms with Gasteiger partial charge >= 0.3 is 11.8 Å². The lowest BCUT2D eigenvalue weighted by Crippen LogP contribution is -2.39. The van der Waals surface area contributed by atoms with Gasteiger partial charge in [0.1, 0.15) is 5.75 Å². The molecule has 0 aliphatic carbocycles. The number of carbonyl (C=O) groups excluding carboxylic acids is 3. The van der Waals surface area contributed by atoms with Crippen LogP contribution in [0.15, 0.2) is 42.5 Å². The maximum absolute atomic E-state index is 11.9. The molecule has 0 spiro atoms. The molecule has 26 heavy (non-hydrogen) atoms. The van der Waals surface area contributed by atoms with E-state index in [1.165, 1.54) is 19.2 Å². The van der Waals surface area contributed by atoms with Crippen LogP contribution in [0.25, 0.3) is 0 Å². The van der Waals surface area contributed by atoms with Crippen LogP contribution in [0.1, 0.15) is 0 Å². The van der Waals surface area contributed by atoms with Gasteiger partial charge in [-0.25, -0.2) is 0 Å². The molecule has 0 aliphatic heterocycles. The number of halogens is 2. The van der Waals surface area contributed by atoms with Gasteiger partial charge in [0.2, 0.25) is 5.91 Å². The number of amides is 3. The van der Waals surface area contributed by atoms with E-state index in [9.17, 15) is 14.4 Å². The first-order valence-electron chi connectivity index (χ1n) is 7.37. The van der Waals surface area contributed by atoms with E-state index < -0.39 is 24.3 Å². The van der Waals surface area contributed by atoms with Crippen molar-refractivity contribution in [3.8, 4) is 5.75 Å². The van der Waals surface area contributed by atoms with Gasteiger partial charge in [-0.1, -0.05) is 29.3 Å². The molecule has 136 valence electrons. The topological polar surface area (TPSA) is 96.5 Å². The van der Waals surface area contributed by atoms with Crippen molar-refractivity contribution >= 4 is 52.3 Å². The Morgan fingerprint density at radius 1 is 0.962 bits per heavy atom. The molecule has 0 heterocycles. The third-order valence-electron chi connectivity index (χ3n) is 3.13. The summed E-state index contributed by atoms with van der Waals surface area (Å²) in [4.78, 5) is 35.5. The fraction of sp³-hybridized carbons (Fsp3) is 0.118. The highest BCUT2D eigenvalue weighted by atomic mass is 35.5. The maximum Gasteiger partial charge on any atom is 0.313 e. The Balaban J connectivity index is 1.87. The van der Waals surface area contributed by atoms with Gasteiger partial charge < -0.3 is 20.7 Å². The molecule has 3 N–H and O–H groups in total. The van der Waals surface area contributed by atoms with E-state index in [0.29, 0.717) is 27.2 Å². The van der Waals surface area contributed by atoms with Gasteiger partial charge in [-0.2, -0.15) is 0 Å². The Morgan fingerprint density at radius 3 is 2.38 bits per heavy atom. The molecule has 0 radical (unpaired) electrons. The fourth-order valence-electron chi connectivity index (χ4n) is 1.97. The molecule has 0 aromatic heterocycles. The zero-order chi connectivity index (χ0) is 19.1. The highest BCUT2D eigenvalue weighted by Crippen LogP contribution is 2.27. The number of methoxy groups -OCH3 is 1. The molecule has 0 aliphatic rings. The number of anilines is 2. The molecule has 7 nitrogen and oxygen atoms in total. The average molecular weight is 396 g/mol. The molecule has 0 saturated carbocycles. The van der Waals surface area contributed by atoms with E-state index >= 15 is 0 Å². The van der Waals surface area contributed by atoms with E-state index in [4.69, 9.17) is 27.9 Å². The minimum Gasteiger partial charge on any atom is -0.495 e. The second-order valence-corrected chi connectivity index (χ2v) is 5.91. The van der Waals surface area contributed by atoms with E-state index in [-0.39, 0.29) is 0 Å². The summed E-state index contributed by atoms with van der Waals surface area (Å²) < 4.78 is 5.11. The number of carbonyl (C=O) groups is 3. The molecule has 9 heteroatoms. The van der Waals surface area contributed by atoms with Crippen LogP contribution in [0.4, 0.5) is 11.4 Å². The summed E-state index contributed by atoms with van der Waals surface area (Å²) in [5.41, 5.74) is 0.716. The van der Waals surface area contributed by atoms with Crippen molar-refractivity contribution in [1.82, 2.24) is 5.32 Å². The minimum atomic E-state index is -0.960. The maximum atomic E-state index is 11.9. The van der Waals surface area contributed by atoms with Gasteiger partial charge in [-0.15, -0.1) is 0 Å². The van der Waals surface area contributed by atoms with Crippen molar-refractivity contribution in [3.05, 3.63) is 52.5 Å². The predicted molar refractivity (Wildman–Crippen MR) is 99.7 cm³/mol. The monoisotopic (exact) mass is 395 g/mol. The summed E-state index contributed by atoms with van der Waals surface area (Å²) in [6.45, 7) is -0.405. The van der Waals surface area contributed by atoms with Crippen LogP contribution < -0.4 is 20.7 Å².